The maximum absolute atomic E-state index is 13.2. The average Bonchev–Trinajstić information content (AvgIpc) is 3.51. The van der Waals surface area contributed by atoms with Crippen molar-refractivity contribution in [2.24, 2.45) is 0 Å². The molecule has 0 spiro atoms. The van der Waals surface area contributed by atoms with Gasteiger partial charge in [-0.3, -0.25) is 4.68 Å². The zero-order valence-corrected chi connectivity index (χ0v) is 25.6. The number of aromatic carboxylic acids is 1. The number of carboxylic acids is 1. The fraction of sp³-hybridized carbons (Fsp3) is 0.400. The fourth-order valence-corrected chi connectivity index (χ4v) is 6.77. The molecule has 2 aliphatic rings. The standard InChI is InChI=1S/C35H39N3O5/c1-6-38-31(28(19-36-38)33(39)40)24-16-23-17-25(42-5)13-15-26(23)32-30(21-10-8-7-9-11-21)27-14-12-22(18-29(27)37(32)20-24)34(41)43-35(2,3)4/h12-19,21H,6-11,20H2,1-5H3,(H,39,40). The Labute approximate surface area is 251 Å². The lowest BCUT2D eigenvalue weighted by Crippen LogP contribution is -2.23. The van der Waals surface area contributed by atoms with E-state index in [1.54, 1.807) is 11.8 Å². The van der Waals surface area contributed by atoms with Crippen LogP contribution in [0.2, 0.25) is 0 Å². The number of esters is 1. The van der Waals surface area contributed by atoms with Crippen molar-refractivity contribution in [2.45, 2.75) is 84.4 Å². The number of benzene rings is 2. The average molecular weight is 582 g/mol. The number of methoxy groups -OCH3 is 1. The van der Waals surface area contributed by atoms with Crippen molar-refractivity contribution in [3.63, 3.8) is 0 Å². The Kier molecular flexibility index (Phi) is 7.40. The number of allylic oxidation sites excluding steroid dienone is 1. The van der Waals surface area contributed by atoms with E-state index in [4.69, 9.17) is 9.47 Å². The molecule has 2 aromatic carbocycles. The van der Waals surface area contributed by atoms with Gasteiger partial charge in [-0.2, -0.15) is 5.10 Å². The van der Waals surface area contributed by atoms with Gasteiger partial charge in [0, 0.05) is 23.0 Å². The number of carbonyl (C=O) groups excluding carboxylic acids is 1. The van der Waals surface area contributed by atoms with Crippen molar-refractivity contribution >= 4 is 34.5 Å². The number of fused-ring (bicyclic) bond motifs is 5. The Bertz CT molecular complexity index is 1760. The molecule has 8 heteroatoms. The van der Waals surface area contributed by atoms with Gasteiger partial charge in [0.25, 0.3) is 0 Å². The highest BCUT2D eigenvalue weighted by molar-refractivity contribution is 6.03. The summed E-state index contributed by atoms with van der Waals surface area (Å²) in [6.45, 7) is 8.51. The number of ether oxygens (including phenoxy) is 2. The van der Waals surface area contributed by atoms with Crippen LogP contribution in [0.3, 0.4) is 0 Å². The second-order valence-electron chi connectivity index (χ2n) is 12.6. The summed E-state index contributed by atoms with van der Waals surface area (Å²) in [5.41, 5.74) is 6.84. The van der Waals surface area contributed by atoms with Gasteiger partial charge in [0.1, 0.15) is 16.9 Å². The van der Waals surface area contributed by atoms with Gasteiger partial charge in [-0.15, -0.1) is 0 Å². The number of carboxylic acid groups (broad SMARTS) is 1. The third kappa shape index (κ3) is 5.24. The lowest BCUT2D eigenvalue weighted by atomic mass is 9.81. The Morgan fingerprint density at radius 2 is 1.81 bits per heavy atom. The molecule has 0 amide bonds. The maximum atomic E-state index is 13.2. The van der Waals surface area contributed by atoms with Crippen molar-refractivity contribution in [1.82, 2.24) is 14.3 Å². The summed E-state index contributed by atoms with van der Waals surface area (Å²) in [4.78, 5) is 25.6. The second-order valence-corrected chi connectivity index (χ2v) is 12.6. The summed E-state index contributed by atoms with van der Waals surface area (Å²) in [5, 5.41) is 15.7. The predicted octanol–water partition coefficient (Wildman–Crippen LogP) is 7.79. The van der Waals surface area contributed by atoms with Crippen molar-refractivity contribution < 1.29 is 24.2 Å². The van der Waals surface area contributed by atoms with E-state index in [0.717, 1.165) is 51.9 Å². The molecule has 0 radical (unpaired) electrons. The lowest BCUT2D eigenvalue weighted by Gasteiger charge is -2.24. The number of nitrogens with zero attached hydrogens (tertiary/aromatic N) is 3. The molecule has 224 valence electrons. The largest absolute Gasteiger partial charge is 0.497 e. The van der Waals surface area contributed by atoms with Gasteiger partial charge in [-0.1, -0.05) is 25.3 Å². The van der Waals surface area contributed by atoms with E-state index in [1.807, 2.05) is 52.0 Å². The summed E-state index contributed by atoms with van der Waals surface area (Å²) in [6, 6.07) is 12.0. The van der Waals surface area contributed by atoms with E-state index >= 15 is 0 Å². The van der Waals surface area contributed by atoms with Gasteiger partial charge >= 0.3 is 11.9 Å². The Hall–Kier alpha value is -4.33. The Morgan fingerprint density at radius 3 is 2.49 bits per heavy atom. The number of rotatable bonds is 6. The minimum atomic E-state index is -1.02. The summed E-state index contributed by atoms with van der Waals surface area (Å²) in [7, 11) is 1.65. The lowest BCUT2D eigenvalue weighted by molar-refractivity contribution is 0.00694. The molecule has 0 saturated heterocycles. The second kappa shape index (κ2) is 11.1. The Balaban J connectivity index is 1.66. The molecule has 43 heavy (non-hydrogen) atoms. The van der Waals surface area contributed by atoms with Crippen LogP contribution in [0, 0.1) is 0 Å². The smallest absolute Gasteiger partial charge is 0.339 e. The fourth-order valence-electron chi connectivity index (χ4n) is 6.77. The van der Waals surface area contributed by atoms with Crippen LogP contribution in [0.5, 0.6) is 5.75 Å². The summed E-state index contributed by atoms with van der Waals surface area (Å²) >= 11 is 0. The summed E-state index contributed by atoms with van der Waals surface area (Å²) in [6.07, 6.45) is 9.34. The molecule has 8 nitrogen and oxygen atoms in total. The predicted molar refractivity (Wildman–Crippen MR) is 168 cm³/mol. The highest BCUT2D eigenvalue weighted by Crippen LogP contribution is 2.48. The van der Waals surface area contributed by atoms with E-state index in [1.165, 1.54) is 31.0 Å². The van der Waals surface area contributed by atoms with E-state index in [-0.39, 0.29) is 11.5 Å². The van der Waals surface area contributed by atoms with E-state index < -0.39 is 11.6 Å². The van der Waals surface area contributed by atoms with Crippen LogP contribution in [-0.4, -0.2) is 44.1 Å². The molecule has 1 saturated carbocycles. The van der Waals surface area contributed by atoms with Gasteiger partial charge in [0.05, 0.1) is 36.8 Å². The van der Waals surface area contributed by atoms with Crippen molar-refractivity contribution in [3.8, 4) is 17.0 Å². The molecule has 6 rings (SSSR count). The monoisotopic (exact) mass is 581 g/mol. The molecule has 2 aromatic heterocycles. The quantitative estimate of drug-likeness (QED) is 0.234. The molecule has 3 heterocycles. The van der Waals surface area contributed by atoms with Crippen LogP contribution in [0.4, 0.5) is 0 Å². The summed E-state index contributed by atoms with van der Waals surface area (Å²) < 4.78 is 15.4. The van der Waals surface area contributed by atoms with Crippen LogP contribution in [0.25, 0.3) is 33.8 Å². The molecule has 0 bridgehead atoms. The van der Waals surface area contributed by atoms with E-state index in [0.29, 0.717) is 30.3 Å². The van der Waals surface area contributed by atoms with Gasteiger partial charge in [-0.25, -0.2) is 9.59 Å². The van der Waals surface area contributed by atoms with Crippen LogP contribution in [0.1, 0.15) is 103 Å². The number of aryl methyl sites for hydroxylation is 1. The normalized spacial score (nSPS) is 15.4. The van der Waals surface area contributed by atoms with Crippen molar-refractivity contribution in [3.05, 3.63) is 70.5 Å². The van der Waals surface area contributed by atoms with Gasteiger partial charge in [0.2, 0.25) is 0 Å². The highest BCUT2D eigenvalue weighted by Gasteiger charge is 2.31. The summed E-state index contributed by atoms with van der Waals surface area (Å²) in [5.74, 6) is -0.269. The first kappa shape index (κ1) is 28.8. The zero-order valence-electron chi connectivity index (χ0n) is 25.6. The molecular weight excluding hydrogens is 542 g/mol. The van der Waals surface area contributed by atoms with E-state index in [2.05, 4.69) is 27.9 Å². The van der Waals surface area contributed by atoms with Gasteiger partial charge in [0.15, 0.2) is 0 Å². The zero-order chi connectivity index (χ0) is 30.5. The first-order valence-corrected chi connectivity index (χ1v) is 15.2. The third-order valence-electron chi connectivity index (χ3n) is 8.60. The van der Waals surface area contributed by atoms with E-state index in [9.17, 15) is 14.7 Å². The first-order chi connectivity index (χ1) is 20.6. The molecule has 1 fully saturated rings. The maximum Gasteiger partial charge on any atom is 0.339 e. The molecule has 1 N–H and O–H groups in total. The number of carbonyl (C=O) groups is 2. The van der Waals surface area contributed by atoms with Gasteiger partial charge < -0.3 is 19.1 Å². The molecule has 0 unspecified atom stereocenters. The minimum Gasteiger partial charge on any atom is -0.497 e. The van der Waals surface area contributed by atoms with Crippen LogP contribution < -0.4 is 4.74 Å². The number of hydrogen-bond acceptors (Lipinski definition) is 5. The Morgan fingerprint density at radius 1 is 1.05 bits per heavy atom. The SMILES string of the molecule is CCn1ncc(C(=O)O)c1C1=Cc2cc(OC)ccc2-c2c(C3CCCCC3)c3ccc(C(=O)OC(C)(C)C)cc3n2C1. The molecule has 0 atom stereocenters. The van der Waals surface area contributed by atoms with Crippen molar-refractivity contribution in [1.29, 1.82) is 0 Å². The molecule has 4 aromatic rings. The number of hydrogen-bond donors (Lipinski definition) is 1. The molecule has 1 aliphatic heterocycles. The van der Waals surface area contributed by atoms with Gasteiger partial charge in [-0.05, 0) is 99.6 Å². The minimum absolute atomic E-state index is 0.166. The number of aromatic nitrogens is 3. The topological polar surface area (TPSA) is 95.6 Å². The first-order valence-electron chi connectivity index (χ1n) is 15.2. The third-order valence-corrected chi connectivity index (χ3v) is 8.60. The van der Waals surface area contributed by atoms with Crippen molar-refractivity contribution in [2.75, 3.05) is 7.11 Å². The highest BCUT2D eigenvalue weighted by atomic mass is 16.6. The van der Waals surface area contributed by atoms with Crippen LogP contribution in [0.15, 0.2) is 42.6 Å². The van der Waals surface area contributed by atoms with Crippen LogP contribution in [-0.2, 0) is 17.8 Å². The van der Waals surface area contributed by atoms with Crippen LogP contribution >= 0.6 is 0 Å². The molecular formula is C35H39N3O5. The molecule has 1 aliphatic carbocycles.